The molecule has 0 aromatic heterocycles. The smallest absolute Gasteiger partial charge is 0.159 e. The Balaban J connectivity index is 2.92. The maximum atomic E-state index is 13.8. The van der Waals surface area contributed by atoms with Crippen LogP contribution in [0.5, 0.6) is 0 Å². The van der Waals surface area contributed by atoms with E-state index in [-0.39, 0.29) is 12.4 Å². The van der Waals surface area contributed by atoms with E-state index in [9.17, 15) is 9.18 Å². The summed E-state index contributed by atoms with van der Waals surface area (Å²) in [5, 5.41) is 8.78. The van der Waals surface area contributed by atoms with Gasteiger partial charge in [-0.2, -0.15) is 0 Å². The van der Waals surface area contributed by atoms with Crippen LogP contribution < -0.4 is 4.90 Å². The molecule has 3 nitrogen and oxygen atoms in total. The molecule has 0 bridgehead atoms. The van der Waals surface area contributed by atoms with Crippen molar-refractivity contribution in [1.82, 2.24) is 0 Å². The highest BCUT2D eigenvalue weighted by molar-refractivity contribution is 5.94. The van der Waals surface area contributed by atoms with E-state index in [1.54, 1.807) is 12.1 Å². The van der Waals surface area contributed by atoms with Gasteiger partial charge in [-0.25, -0.2) is 4.39 Å². The van der Waals surface area contributed by atoms with Crippen molar-refractivity contribution in [2.75, 3.05) is 24.6 Å². The van der Waals surface area contributed by atoms with Crippen LogP contribution in [0.15, 0.2) is 18.2 Å². The predicted molar refractivity (Wildman–Crippen MR) is 66.0 cm³/mol. The van der Waals surface area contributed by atoms with Crippen molar-refractivity contribution in [3.05, 3.63) is 29.6 Å². The Kier molecular flexibility index (Phi) is 5.10. The quantitative estimate of drug-likeness (QED) is 0.774. The van der Waals surface area contributed by atoms with E-state index in [2.05, 4.69) is 0 Å². The number of carbonyl (C=O) groups excluding carboxylic acids is 1. The van der Waals surface area contributed by atoms with Crippen LogP contribution in [0, 0.1) is 5.82 Å². The second-order valence-corrected chi connectivity index (χ2v) is 3.88. The van der Waals surface area contributed by atoms with Crippen LogP contribution in [-0.2, 0) is 0 Å². The molecule has 0 aliphatic carbocycles. The van der Waals surface area contributed by atoms with E-state index in [1.807, 2.05) is 11.8 Å². The fourth-order valence-corrected chi connectivity index (χ4v) is 1.69. The SMILES string of the molecule is CCN(CCCO)c1ccc(C(C)=O)cc1F. The molecule has 4 heteroatoms. The number of ketones is 1. The monoisotopic (exact) mass is 239 g/mol. The van der Waals surface area contributed by atoms with Gasteiger partial charge in [-0.3, -0.25) is 4.79 Å². The lowest BCUT2D eigenvalue weighted by Gasteiger charge is -2.23. The lowest BCUT2D eigenvalue weighted by atomic mass is 10.1. The number of anilines is 1. The van der Waals surface area contributed by atoms with Gasteiger partial charge in [-0.1, -0.05) is 0 Å². The first-order valence-corrected chi connectivity index (χ1v) is 5.76. The van der Waals surface area contributed by atoms with Gasteiger partial charge >= 0.3 is 0 Å². The van der Waals surface area contributed by atoms with Gasteiger partial charge in [0.2, 0.25) is 0 Å². The molecule has 1 aromatic rings. The predicted octanol–water partition coefficient (Wildman–Crippen LogP) is 2.24. The molecule has 0 aliphatic heterocycles. The van der Waals surface area contributed by atoms with Crippen LogP contribution in [-0.4, -0.2) is 30.6 Å². The van der Waals surface area contributed by atoms with Gasteiger partial charge in [0.05, 0.1) is 5.69 Å². The zero-order chi connectivity index (χ0) is 12.8. The number of aliphatic hydroxyl groups is 1. The van der Waals surface area contributed by atoms with Crippen LogP contribution in [0.1, 0.15) is 30.6 Å². The molecular weight excluding hydrogens is 221 g/mol. The Morgan fingerprint density at radius 3 is 2.65 bits per heavy atom. The first-order chi connectivity index (χ1) is 8.10. The standard InChI is InChI=1S/C13H18FNO2/c1-3-15(7-4-8-16)13-6-5-11(10(2)17)9-12(13)14/h5-6,9,16H,3-4,7-8H2,1-2H3. The Labute approximate surface area is 101 Å². The van der Waals surface area contributed by atoms with Crippen molar-refractivity contribution in [3.8, 4) is 0 Å². The maximum Gasteiger partial charge on any atom is 0.159 e. The average Bonchev–Trinajstić information content (AvgIpc) is 2.31. The number of benzene rings is 1. The molecule has 0 saturated heterocycles. The Hall–Kier alpha value is -1.42. The normalized spacial score (nSPS) is 10.4. The zero-order valence-corrected chi connectivity index (χ0v) is 10.2. The second kappa shape index (κ2) is 6.35. The van der Waals surface area contributed by atoms with Gasteiger partial charge in [-0.15, -0.1) is 0 Å². The van der Waals surface area contributed by atoms with Crippen molar-refractivity contribution in [1.29, 1.82) is 0 Å². The summed E-state index contributed by atoms with van der Waals surface area (Å²) in [6.45, 7) is 4.69. The molecule has 0 unspecified atom stereocenters. The minimum atomic E-state index is -0.391. The summed E-state index contributed by atoms with van der Waals surface area (Å²) in [6.07, 6.45) is 0.599. The van der Waals surface area contributed by atoms with Crippen LogP contribution in [0.2, 0.25) is 0 Å². The van der Waals surface area contributed by atoms with Gasteiger partial charge in [0.25, 0.3) is 0 Å². The summed E-state index contributed by atoms with van der Waals surface area (Å²) in [4.78, 5) is 12.9. The highest BCUT2D eigenvalue weighted by Crippen LogP contribution is 2.21. The lowest BCUT2D eigenvalue weighted by molar-refractivity contribution is 0.101. The highest BCUT2D eigenvalue weighted by atomic mass is 19.1. The molecule has 17 heavy (non-hydrogen) atoms. The number of rotatable bonds is 6. The third-order valence-electron chi connectivity index (χ3n) is 2.66. The Morgan fingerprint density at radius 2 is 2.18 bits per heavy atom. The number of hydrogen-bond acceptors (Lipinski definition) is 3. The van der Waals surface area contributed by atoms with Crippen LogP contribution in [0.3, 0.4) is 0 Å². The summed E-state index contributed by atoms with van der Waals surface area (Å²) < 4.78 is 13.8. The Bertz CT molecular complexity index is 393. The average molecular weight is 239 g/mol. The van der Waals surface area contributed by atoms with Gasteiger partial charge in [0.1, 0.15) is 5.82 Å². The number of Topliss-reactive ketones (excluding diaryl/α,β-unsaturated/α-hetero) is 1. The molecule has 1 aromatic carbocycles. The summed E-state index contributed by atoms with van der Waals surface area (Å²) >= 11 is 0. The van der Waals surface area contributed by atoms with Crippen LogP contribution in [0.25, 0.3) is 0 Å². The second-order valence-electron chi connectivity index (χ2n) is 3.88. The molecule has 0 radical (unpaired) electrons. The van der Waals surface area contributed by atoms with E-state index in [0.717, 1.165) is 0 Å². The molecular formula is C13H18FNO2. The third-order valence-corrected chi connectivity index (χ3v) is 2.66. The highest BCUT2D eigenvalue weighted by Gasteiger charge is 2.11. The first kappa shape index (κ1) is 13.6. The molecule has 1 N–H and O–H groups in total. The van der Waals surface area contributed by atoms with E-state index >= 15 is 0 Å². The van der Waals surface area contributed by atoms with Crippen molar-refractivity contribution >= 4 is 11.5 Å². The number of hydrogen-bond donors (Lipinski definition) is 1. The fraction of sp³-hybridized carbons (Fsp3) is 0.462. The fourth-order valence-electron chi connectivity index (χ4n) is 1.69. The molecule has 0 heterocycles. The van der Waals surface area contributed by atoms with Crippen LogP contribution in [0.4, 0.5) is 10.1 Å². The molecule has 0 atom stereocenters. The van der Waals surface area contributed by atoms with Crippen molar-refractivity contribution in [2.24, 2.45) is 0 Å². The number of nitrogens with zero attached hydrogens (tertiary/aromatic N) is 1. The van der Waals surface area contributed by atoms with E-state index in [1.165, 1.54) is 13.0 Å². The van der Waals surface area contributed by atoms with Gasteiger partial charge in [0, 0.05) is 25.3 Å². The summed E-state index contributed by atoms with van der Waals surface area (Å²) in [7, 11) is 0. The molecule has 1 rings (SSSR count). The van der Waals surface area contributed by atoms with E-state index in [4.69, 9.17) is 5.11 Å². The van der Waals surface area contributed by atoms with E-state index in [0.29, 0.717) is 30.8 Å². The Morgan fingerprint density at radius 1 is 1.47 bits per heavy atom. The number of aliphatic hydroxyl groups excluding tert-OH is 1. The third kappa shape index (κ3) is 3.53. The van der Waals surface area contributed by atoms with Gasteiger partial charge in [0.15, 0.2) is 5.78 Å². The van der Waals surface area contributed by atoms with Crippen LogP contribution >= 0.6 is 0 Å². The summed E-state index contributed by atoms with van der Waals surface area (Å²) in [5.74, 6) is -0.536. The topological polar surface area (TPSA) is 40.5 Å². The minimum absolute atomic E-state index is 0.0870. The van der Waals surface area contributed by atoms with Crippen molar-refractivity contribution in [3.63, 3.8) is 0 Å². The molecule has 0 spiro atoms. The molecule has 0 amide bonds. The molecule has 0 fully saturated rings. The summed E-state index contributed by atoms with van der Waals surface area (Å²) in [6, 6.07) is 4.51. The molecule has 94 valence electrons. The molecule has 0 aliphatic rings. The number of halogens is 1. The summed E-state index contributed by atoms with van der Waals surface area (Å²) in [5.41, 5.74) is 0.857. The van der Waals surface area contributed by atoms with Gasteiger partial charge in [-0.05, 0) is 38.5 Å². The minimum Gasteiger partial charge on any atom is -0.396 e. The van der Waals surface area contributed by atoms with Crippen molar-refractivity contribution < 1.29 is 14.3 Å². The van der Waals surface area contributed by atoms with E-state index < -0.39 is 5.82 Å². The largest absolute Gasteiger partial charge is 0.396 e. The maximum absolute atomic E-state index is 13.8. The molecule has 0 saturated carbocycles. The zero-order valence-electron chi connectivity index (χ0n) is 10.2. The first-order valence-electron chi connectivity index (χ1n) is 5.76. The number of carbonyl (C=O) groups is 1. The van der Waals surface area contributed by atoms with Gasteiger partial charge < -0.3 is 10.0 Å². The van der Waals surface area contributed by atoms with Crippen molar-refractivity contribution in [2.45, 2.75) is 20.3 Å². The lowest BCUT2D eigenvalue weighted by Crippen LogP contribution is -2.25.